The molecule has 0 spiro atoms. The summed E-state index contributed by atoms with van der Waals surface area (Å²) in [7, 11) is 0. The van der Waals surface area contributed by atoms with Crippen LogP contribution in [0.4, 0.5) is 5.69 Å². The molecular formula is C20H25NO12. The van der Waals surface area contributed by atoms with Crippen molar-refractivity contribution in [3.05, 3.63) is 29.5 Å². The van der Waals surface area contributed by atoms with Gasteiger partial charge in [0.25, 0.3) is 0 Å². The van der Waals surface area contributed by atoms with Gasteiger partial charge in [-0.1, -0.05) is 0 Å². The zero-order chi connectivity index (χ0) is 24.7. The summed E-state index contributed by atoms with van der Waals surface area (Å²) in [6.07, 6.45) is -6.61. The van der Waals surface area contributed by atoms with E-state index in [1.165, 1.54) is 24.3 Å². The van der Waals surface area contributed by atoms with Crippen LogP contribution in [0.15, 0.2) is 24.3 Å². The number of quaternary nitrogens is 1. The second kappa shape index (κ2) is 11.6. The highest BCUT2D eigenvalue weighted by atomic mass is 16.8. The molecule has 1 aromatic carbocycles. The van der Waals surface area contributed by atoms with Crippen molar-refractivity contribution in [3.63, 3.8) is 0 Å². The SMILES string of the molecule is CC(=O)OCC1OC(Oc2ccc([NH+]([O-])O)cc2)[C@H](OC(C)=O)[C@@H](OC(C)=O)[C@@H]1OC(C)=O. The monoisotopic (exact) mass is 471 g/mol. The number of carbonyl (C=O) groups excluding carboxylic acids is 4. The van der Waals surface area contributed by atoms with Gasteiger partial charge in [-0.15, -0.1) is 0 Å². The average Bonchev–Trinajstić information content (AvgIpc) is 2.70. The molecule has 2 N–H and O–H groups in total. The van der Waals surface area contributed by atoms with Crippen LogP contribution in [0.25, 0.3) is 0 Å². The number of ether oxygens (including phenoxy) is 6. The van der Waals surface area contributed by atoms with Crippen molar-refractivity contribution in [2.45, 2.75) is 58.4 Å². The molecule has 13 heteroatoms. The molecule has 13 nitrogen and oxygen atoms in total. The van der Waals surface area contributed by atoms with Crippen molar-refractivity contribution in [1.29, 1.82) is 0 Å². The van der Waals surface area contributed by atoms with Crippen LogP contribution in [0.1, 0.15) is 27.7 Å². The summed E-state index contributed by atoms with van der Waals surface area (Å²) in [6.45, 7) is 4.09. The van der Waals surface area contributed by atoms with E-state index in [-0.39, 0.29) is 11.4 Å². The maximum atomic E-state index is 11.8. The molecule has 1 heterocycles. The molecule has 0 amide bonds. The van der Waals surface area contributed by atoms with E-state index in [1.807, 2.05) is 0 Å². The molecular weight excluding hydrogens is 446 g/mol. The fourth-order valence-corrected chi connectivity index (χ4v) is 3.09. The van der Waals surface area contributed by atoms with Crippen LogP contribution in [0.5, 0.6) is 5.75 Å². The maximum absolute atomic E-state index is 11.8. The number of hydrogen-bond acceptors (Lipinski definition) is 12. The van der Waals surface area contributed by atoms with E-state index >= 15 is 0 Å². The van der Waals surface area contributed by atoms with E-state index in [2.05, 4.69) is 0 Å². The van der Waals surface area contributed by atoms with Crippen LogP contribution in [-0.2, 0) is 42.9 Å². The third kappa shape index (κ3) is 7.68. The van der Waals surface area contributed by atoms with Crippen LogP contribution in [0.2, 0.25) is 0 Å². The van der Waals surface area contributed by atoms with E-state index in [1.54, 1.807) is 0 Å². The number of hydrogen-bond donors (Lipinski definition) is 2. The van der Waals surface area contributed by atoms with Gasteiger partial charge in [-0.3, -0.25) is 19.2 Å². The standard InChI is InChI=1S/C20H25NO12/c1-10(22)28-9-16-17(29-11(2)23)18(30-12(3)24)19(31-13(4)25)20(33-16)32-15-7-5-14(6-8-15)21(26)27/h5-8,16-21,26H,9H2,1-4H3/t16?,17-,18+,19-,20?/m1/s1. The predicted molar refractivity (Wildman–Crippen MR) is 105 cm³/mol. The zero-order valence-corrected chi connectivity index (χ0v) is 18.3. The quantitative estimate of drug-likeness (QED) is 0.285. The number of esters is 4. The Kier molecular flexibility index (Phi) is 9.11. The Morgan fingerprint density at radius 2 is 1.39 bits per heavy atom. The first kappa shape index (κ1) is 26.0. The zero-order valence-electron chi connectivity index (χ0n) is 18.3. The molecule has 1 saturated heterocycles. The molecule has 0 bridgehead atoms. The minimum atomic E-state index is -1.40. The van der Waals surface area contributed by atoms with Crippen molar-refractivity contribution < 1.29 is 58.0 Å². The fourth-order valence-electron chi connectivity index (χ4n) is 3.09. The molecule has 1 fully saturated rings. The van der Waals surface area contributed by atoms with Gasteiger partial charge in [0.15, 0.2) is 17.9 Å². The molecule has 1 aliphatic rings. The van der Waals surface area contributed by atoms with Gasteiger partial charge >= 0.3 is 23.9 Å². The van der Waals surface area contributed by atoms with Crippen LogP contribution in [0, 0.1) is 5.21 Å². The molecule has 33 heavy (non-hydrogen) atoms. The Morgan fingerprint density at radius 3 is 1.88 bits per heavy atom. The lowest BCUT2D eigenvalue weighted by molar-refractivity contribution is -0.991. The number of benzene rings is 1. The first-order valence-corrected chi connectivity index (χ1v) is 9.78. The Hall–Kier alpha value is -3.26. The van der Waals surface area contributed by atoms with Crippen LogP contribution >= 0.6 is 0 Å². The number of carbonyl (C=O) groups is 4. The molecule has 3 unspecified atom stereocenters. The van der Waals surface area contributed by atoms with E-state index in [0.29, 0.717) is 0 Å². The summed E-state index contributed by atoms with van der Waals surface area (Å²) < 4.78 is 32.4. The summed E-state index contributed by atoms with van der Waals surface area (Å²) in [5.41, 5.74) is 0.00361. The summed E-state index contributed by atoms with van der Waals surface area (Å²) in [6, 6.07) is 5.25. The topological polar surface area (TPSA) is 171 Å². The first-order chi connectivity index (χ1) is 15.5. The lowest BCUT2D eigenvalue weighted by Gasteiger charge is -2.43. The van der Waals surface area contributed by atoms with E-state index in [0.717, 1.165) is 27.7 Å². The Morgan fingerprint density at radius 1 is 0.879 bits per heavy atom. The molecule has 0 saturated carbocycles. The third-order valence-corrected chi connectivity index (χ3v) is 4.30. The van der Waals surface area contributed by atoms with Crippen molar-refractivity contribution in [2.24, 2.45) is 0 Å². The predicted octanol–water partition coefficient (Wildman–Crippen LogP) is -0.448. The number of rotatable bonds is 8. The summed E-state index contributed by atoms with van der Waals surface area (Å²) in [5.74, 6) is -2.80. The lowest BCUT2D eigenvalue weighted by atomic mass is 9.98. The van der Waals surface area contributed by atoms with Crippen molar-refractivity contribution in [1.82, 2.24) is 0 Å². The van der Waals surface area contributed by atoms with Crippen molar-refractivity contribution in [3.8, 4) is 5.75 Å². The smallest absolute Gasteiger partial charge is 0.303 e. The number of nitrogens with one attached hydrogen (secondary N) is 1. The highest BCUT2D eigenvalue weighted by Gasteiger charge is 2.53. The third-order valence-electron chi connectivity index (χ3n) is 4.30. The summed E-state index contributed by atoms with van der Waals surface area (Å²) in [5, 5.41) is 19.0. The Bertz CT molecular complexity index is 855. The normalized spacial score (nSPS) is 25.3. The van der Waals surface area contributed by atoms with Crippen LogP contribution < -0.4 is 9.96 Å². The van der Waals surface area contributed by atoms with Crippen LogP contribution in [0.3, 0.4) is 0 Å². The van der Waals surface area contributed by atoms with Gasteiger partial charge in [0, 0.05) is 39.8 Å². The first-order valence-electron chi connectivity index (χ1n) is 9.78. The van der Waals surface area contributed by atoms with Gasteiger partial charge < -0.3 is 33.6 Å². The van der Waals surface area contributed by atoms with E-state index in [9.17, 15) is 24.4 Å². The van der Waals surface area contributed by atoms with Gasteiger partial charge in [-0.05, 0) is 12.1 Å². The second-order valence-electron chi connectivity index (χ2n) is 7.02. The molecule has 2 rings (SSSR count). The molecule has 182 valence electrons. The van der Waals surface area contributed by atoms with Crippen molar-refractivity contribution >= 4 is 29.6 Å². The minimum absolute atomic E-state index is 0.00361. The Labute approximate surface area is 188 Å². The van der Waals surface area contributed by atoms with Gasteiger partial charge in [0.2, 0.25) is 12.4 Å². The highest BCUT2D eigenvalue weighted by molar-refractivity contribution is 5.68. The average molecular weight is 471 g/mol. The molecule has 0 aliphatic carbocycles. The summed E-state index contributed by atoms with van der Waals surface area (Å²) in [4.78, 5) is 46.6. The molecule has 1 aliphatic heterocycles. The van der Waals surface area contributed by atoms with Crippen LogP contribution in [-0.4, -0.2) is 66.4 Å². The lowest BCUT2D eigenvalue weighted by Crippen LogP contribution is -2.99. The largest absolute Gasteiger partial charge is 0.595 e. The minimum Gasteiger partial charge on any atom is -0.595 e. The van der Waals surface area contributed by atoms with Crippen molar-refractivity contribution in [2.75, 3.05) is 6.61 Å². The van der Waals surface area contributed by atoms with E-state index < -0.39 is 66.4 Å². The summed E-state index contributed by atoms with van der Waals surface area (Å²) >= 11 is 0. The van der Waals surface area contributed by atoms with Gasteiger partial charge in [-0.25, -0.2) is 5.21 Å². The van der Waals surface area contributed by atoms with Gasteiger partial charge in [0.1, 0.15) is 18.5 Å². The molecule has 6 atom stereocenters. The van der Waals surface area contributed by atoms with E-state index in [4.69, 9.17) is 33.6 Å². The molecule has 1 aromatic rings. The second-order valence-corrected chi connectivity index (χ2v) is 7.02. The van der Waals surface area contributed by atoms with Gasteiger partial charge in [0.05, 0.1) is 0 Å². The highest BCUT2D eigenvalue weighted by Crippen LogP contribution is 2.31. The fraction of sp³-hybridized carbons (Fsp3) is 0.500. The van der Waals surface area contributed by atoms with Gasteiger partial charge in [-0.2, -0.15) is 5.23 Å². The molecule has 0 aromatic heterocycles. The molecule has 0 radical (unpaired) electrons. The Balaban J connectivity index is 2.42. The maximum Gasteiger partial charge on any atom is 0.303 e.